The molecule has 6 heteroatoms. The minimum atomic E-state index is -0.130. The van der Waals surface area contributed by atoms with E-state index in [4.69, 9.17) is 16.3 Å². The van der Waals surface area contributed by atoms with Gasteiger partial charge < -0.3 is 15.0 Å². The van der Waals surface area contributed by atoms with E-state index in [0.29, 0.717) is 29.5 Å². The van der Waals surface area contributed by atoms with E-state index in [0.717, 1.165) is 19.6 Å². The highest BCUT2D eigenvalue weighted by molar-refractivity contribution is 6.31. The predicted octanol–water partition coefficient (Wildman–Crippen LogP) is 4.21. The molecule has 142 valence electrons. The van der Waals surface area contributed by atoms with Gasteiger partial charge in [0.05, 0.1) is 12.8 Å². The molecule has 0 spiro atoms. The number of amides is 2. The number of anilines is 1. The number of benzene rings is 2. The van der Waals surface area contributed by atoms with E-state index in [-0.39, 0.29) is 6.03 Å². The van der Waals surface area contributed by atoms with Crippen LogP contribution in [0.25, 0.3) is 6.08 Å². The number of hydrogen-bond acceptors (Lipinski definition) is 3. The molecule has 2 aromatic rings. The second kappa shape index (κ2) is 9.44. The number of rotatable bonds is 5. The molecule has 0 aromatic heterocycles. The summed E-state index contributed by atoms with van der Waals surface area (Å²) in [7, 11) is 1.57. The molecule has 27 heavy (non-hydrogen) atoms. The molecule has 5 nitrogen and oxygen atoms in total. The number of carbonyl (C=O) groups excluding carboxylic acids is 1. The van der Waals surface area contributed by atoms with Gasteiger partial charge >= 0.3 is 6.03 Å². The fourth-order valence-corrected chi connectivity index (χ4v) is 3.18. The highest BCUT2D eigenvalue weighted by Crippen LogP contribution is 2.28. The van der Waals surface area contributed by atoms with Crippen molar-refractivity contribution in [3.05, 3.63) is 65.2 Å². The van der Waals surface area contributed by atoms with Crippen LogP contribution in [-0.2, 0) is 0 Å². The molecule has 1 aliphatic heterocycles. The Kier molecular flexibility index (Phi) is 6.74. The SMILES string of the molecule is COc1ccc(Cl)cc1NC(=O)N1CCN(C/C=C\c2ccccc2)CC1. The first-order valence-electron chi connectivity index (χ1n) is 8.99. The molecule has 1 fully saturated rings. The van der Waals surface area contributed by atoms with Crippen molar-refractivity contribution in [1.29, 1.82) is 0 Å². The van der Waals surface area contributed by atoms with Gasteiger partial charge in [-0.25, -0.2) is 4.79 Å². The molecule has 0 aliphatic carbocycles. The van der Waals surface area contributed by atoms with Crippen LogP contribution in [-0.4, -0.2) is 55.7 Å². The van der Waals surface area contributed by atoms with E-state index in [1.807, 2.05) is 23.1 Å². The standard InChI is InChI=1S/C21H24ClN3O2/c1-27-20-10-9-18(22)16-19(20)23-21(26)25-14-12-24(13-15-25)11-5-8-17-6-3-2-4-7-17/h2-10,16H,11-15H2,1H3,(H,23,26)/b8-5-. The maximum atomic E-state index is 12.5. The summed E-state index contributed by atoms with van der Waals surface area (Å²) in [6.45, 7) is 3.95. The Labute approximate surface area is 165 Å². The Bertz CT molecular complexity index is 787. The van der Waals surface area contributed by atoms with Crippen molar-refractivity contribution in [2.75, 3.05) is 45.2 Å². The Morgan fingerprint density at radius 3 is 2.59 bits per heavy atom. The smallest absolute Gasteiger partial charge is 0.322 e. The first-order valence-corrected chi connectivity index (χ1v) is 9.37. The van der Waals surface area contributed by atoms with E-state index in [2.05, 4.69) is 34.5 Å². The molecule has 2 aromatic carbocycles. The van der Waals surface area contributed by atoms with Crippen LogP contribution < -0.4 is 10.1 Å². The van der Waals surface area contributed by atoms with Gasteiger partial charge in [0.2, 0.25) is 0 Å². The Morgan fingerprint density at radius 2 is 1.89 bits per heavy atom. The average Bonchev–Trinajstić information content (AvgIpc) is 2.69. The third-order valence-corrected chi connectivity index (χ3v) is 4.77. The van der Waals surface area contributed by atoms with Crippen LogP contribution in [0, 0.1) is 0 Å². The van der Waals surface area contributed by atoms with Gasteiger partial charge in [0.25, 0.3) is 0 Å². The van der Waals surface area contributed by atoms with Crippen molar-refractivity contribution < 1.29 is 9.53 Å². The van der Waals surface area contributed by atoms with Crippen molar-refractivity contribution >= 4 is 29.4 Å². The lowest BCUT2D eigenvalue weighted by molar-refractivity contribution is 0.156. The first kappa shape index (κ1) is 19.3. The summed E-state index contributed by atoms with van der Waals surface area (Å²) in [5.74, 6) is 0.595. The van der Waals surface area contributed by atoms with Crippen LogP contribution in [0.4, 0.5) is 10.5 Å². The molecule has 2 amide bonds. The highest BCUT2D eigenvalue weighted by Gasteiger charge is 2.21. The number of piperazine rings is 1. The summed E-state index contributed by atoms with van der Waals surface area (Å²) in [5.41, 5.74) is 1.79. The lowest BCUT2D eigenvalue weighted by Gasteiger charge is -2.34. The predicted molar refractivity (Wildman–Crippen MR) is 111 cm³/mol. The van der Waals surface area contributed by atoms with Gasteiger partial charge in [-0.15, -0.1) is 0 Å². The van der Waals surface area contributed by atoms with Crippen LogP contribution in [0.3, 0.4) is 0 Å². The number of hydrogen-bond donors (Lipinski definition) is 1. The summed E-state index contributed by atoms with van der Waals surface area (Å²) >= 11 is 6.02. The van der Waals surface area contributed by atoms with E-state index < -0.39 is 0 Å². The van der Waals surface area contributed by atoms with Crippen molar-refractivity contribution in [2.45, 2.75) is 0 Å². The molecular formula is C21H24ClN3O2. The average molecular weight is 386 g/mol. The number of nitrogens with one attached hydrogen (secondary N) is 1. The number of carbonyl (C=O) groups is 1. The molecule has 1 aliphatic rings. The molecule has 0 unspecified atom stereocenters. The summed E-state index contributed by atoms with van der Waals surface area (Å²) in [4.78, 5) is 16.7. The second-order valence-electron chi connectivity index (χ2n) is 6.38. The fourth-order valence-electron chi connectivity index (χ4n) is 3.01. The third-order valence-electron chi connectivity index (χ3n) is 4.54. The summed E-state index contributed by atoms with van der Waals surface area (Å²) in [6.07, 6.45) is 4.30. The molecule has 1 heterocycles. The highest BCUT2D eigenvalue weighted by atomic mass is 35.5. The first-order chi connectivity index (χ1) is 13.2. The minimum absolute atomic E-state index is 0.130. The third kappa shape index (κ3) is 5.49. The summed E-state index contributed by atoms with van der Waals surface area (Å²) in [6, 6.07) is 15.3. The number of urea groups is 1. The number of nitrogens with zero attached hydrogens (tertiary/aromatic N) is 2. The molecule has 0 atom stereocenters. The lowest BCUT2D eigenvalue weighted by Crippen LogP contribution is -2.49. The van der Waals surface area contributed by atoms with Gasteiger partial charge in [-0.2, -0.15) is 0 Å². The van der Waals surface area contributed by atoms with E-state index in [1.54, 1.807) is 25.3 Å². The van der Waals surface area contributed by atoms with E-state index in [9.17, 15) is 4.79 Å². The van der Waals surface area contributed by atoms with Gasteiger partial charge in [-0.1, -0.05) is 54.1 Å². The van der Waals surface area contributed by atoms with E-state index in [1.165, 1.54) is 5.56 Å². The zero-order chi connectivity index (χ0) is 19.1. The maximum Gasteiger partial charge on any atom is 0.322 e. The molecule has 1 N–H and O–H groups in total. The largest absolute Gasteiger partial charge is 0.495 e. The maximum absolute atomic E-state index is 12.5. The Hall–Kier alpha value is -2.50. The van der Waals surface area contributed by atoms with Crippen LogP contribution in [0.1, 0.15) is 5.56 Å². The lowest BCUT2D eigenvalue weighted by atomic mass is 10.2. The Morgan fingerprint density at radius 1 is 1.15 bits per heavy atom. The zero-order valence-electron chi connectivity index (χ0n) is 15.4. The normalized spacial score (nSPS) is 15.1. The topological polar surface area (TPSA) is 44.8 Å². The second-order valence-corrected chi connectivity index (χ2v) is 6.81. The number of ether oxygens (including phenoxy) is 1. The monoisotopic (exact) mass is 385 g/mol. The molecule has 3 rings (SSSR count). The summed E-state index contributed by atoms with van der Waals surface area (Å²) in [5, 5.41) is 3.45. The van der Waals surface area contributed by atoms with Crippen molar-refractivity contribution in [2.24, 2.45) is 0 Å². The fraction of sp³-hybridized carbons (Fsp3) is 0.286. The van der Waals surface area contributed by atoms with Gasteiger partial charge in [0.15, 0.2) is 0 Å². The molecular weight excluding hydrogens is 362 g/mol. The molecule has 0 saturated carbocycles. The van der Waals surface area contributed by atoms with Gasteiger partial charge in [0, 0.05) is 37.7 Å². The minimum Gasteiger partial charge on any atom is -0.495 e. The van der Waals surface area contributed by atoms with Crippen LogP contribution >= 0.6 is 11.6 Å². The van der Waals surface area contributed by atoms with E-state index >= 15 is 0 Å². The van der Waals surface area contributed by atoms with Gasteiger partial charge in [-0.05, 0) is 23.8 Å². The molecule has 0 radical (unpaired) electrons. The molecule has 1 saturated heterocycles. The van der Waals surface area contributed by atoms with Crippen molar-refractivity contribution in [3.8, 4) is 5.75 Å². The van der Waals surface area contributed by atoms with Crippen molar-refractivity contribution in [1.82, 2.24) is 9.80 Å². The van der Waals surface area contributed by atoms with Gasteiger partial charge in [0.1, 0.15) is 5.75 Å². The summed E-state index contributed by atoms with van der Waals surface area (Å²) < 4.78 is 5.28. The number of methoxy groups -OCH3 is 1. The number of halogens is 1. The molecule has 0 bridgehead atoms. The quantitative estimate of drug-likeness (QED) is 0.838. The van der Waals surface area contributed by atoms with Crippen LogP contribution in [0.5, 0.6) is 5.75 Å². The van der Waals surface area contributed by atoms with Crippen molar-refractivity contribution in [3.63, 3.8) is 0 Å². The van der Waals surface area contributed by atoms with Crippen LogP contribution in [0.2, 0.25) is 5.02 Å². The van der Waals surface area contributed by atoms with Crippen LogP contribution in [0.15, 0.2) is 54.6 Å². The van der Waals surface area contributed by atoms with Gasteiger partial charge in [-0.3, -0.25) is 4.90 Å². The Balaban J connectivity index is 1.48. The zero-order valence-corrected chi connectivity index (χ0v) is 16.2.